The number of nitrogens with two attached hydrogens (primary N) is 2. The maximum atomic E-state index is 13.1. The molecule has 1 fully saturated rings. The highest BCUT2D eigenvalue weighted by Crippen LogP contribution is 2.31. The Bertz CT molecular complexity index is 1290. The minimum Gasteiger partial charge on any atom is -0.338 e. The lowest BCUT2D eigenvalue weighted by Crippen LogP contribution is -2.45. The lowest BCUT2D eigenvalue weighted by Gasteiger charge is -2.30. The summed E-state index contributed by atoms with van der Waals surface area (Å²) in [5, 5.41) is 1.19. The Hall–Kier alpha value is -3.16. The number of aromatic nitrogens is 3. The van der Waals surface area contributed by atoms with Crippen LogP contribution in [0, 0.1) is 0 Å². The van der Waals surface area contributed by atoms with Gasteiger partial charge in [-0.25, -0.2) is 4.98 Å². The lowest BCUT2D eigenvalue weighted by atomic mass is 10.1. The highest BCUT2D eigenvalue weighted by atomic mass is 16.2. The first-order valence-corrected chi connectivity index (χ1v) is 11.4. The van der Waals surface area contributed by atoms with Gasteiger partial charge in [0.15, 0.2) is 5.82 Å². The van der Waals surface area contributed by atoms with Crippen LogP contribution in [0.4, 0.5) is 0 Å². The normalized spacial score (nSPS) is 16.8. The highest BCUT2D eigenvalue weighted by Gasteiger charge is 2.24. The van der Waals surface area contributed by atoms with Gasteiger partial charge < -0.3 is 25.5 Å². The van der Waals surface area contributed by atoms with E-state index in [1.807, 2.05) is 23.1 Å². The zero-order chi connectivity index (χ0) is 22.2. The van der Waals surface area contributed by atoms with Crippen LogP contribution in [0.5, 0.6) is 0 Å². The second-order valence-corrected chi connectivity index (χ2v) is 8.57. The molecular formula is C25H30N6O. The molecular weight excluding hydrogens is 400 g/mol. The van der Waals surface area contributed by atoms with Crippen molar-refractivity contribution in [3.63, 3.8) is 0 Å². The van der Waals surface area contributed by atoms with E-state index in [1.165, 1.54) is 10.9 Å². The van der Waals surface area contributed by atoms with E-state index in [1.54, 1.807) is 0 Å². The van der Waals surface area contributed by atoms with E-state index < -0.39 is 0 Å². The summed E-state index contributed by atoms with van der Waals surface area (Å²) in [6, 6.07) is 16.4. The Balaban J connectivity index is 1.61. The molecule has 0 aliphatic carbocycles. The van der Waals surface area contributed by atoms with Crippen molar-refractivity contribution in [3.8, 4) is 11.5 Å². The second kappa shape index (κ2) is 8.41. The Morgan fingerprint density at radius 3 is 2.75 bits per heavy atom. The summed E-state index contributed by atoms with van der Waals surface area (Å²) in [5.74, 6) is 0.910. The van der Waals surface area contributed by atoms with Crippen LogP contribution < -0.4 is 11.5 Å². The smallest absolute Gasteiger partial charge is 0.253 e. The number of aryl methyl sites for hydroxylation is 1. The maximum Gasteiger partial charge on any atom is 0.253 e. The molecule has 4 N–H and O–H groups in total. The molecule has 0 bridgehead atoms. The molecule has 4 aromatic rings. The Morgan fingerprint density at radius 1 is 1.12 bits per heavy atom. The van der Waals surface area contributed by atoms with Crippen LogP contribution in [0.25, 0.3) is 33.5 Å². The quantitative estimate of drug-likeness (QED) is 0.508. The minimum atomic E-state index is 0.0275. The van der Waals surface area contributed by atoms with E-state index in [-0.39, 0.29) is 11.9 Å². The monoisotopic (exact) mass is 430 g/mol. The molecule has 1 aliphatic heterocycles. The van der Waals surface area contributed by atoms with Crippen LogP contribution in [0.15, 0.2) is 48.5 Å². The predicted octanol–water partition coefficient (Wildman–Crippen LogP) is 3.20. The number of nitrogens with zero attached hydrogens (tertiary/aromatic N) is 4. The lowest BCUT2D eigenvalue weighted by molar-refractivity contribution is 0.0709. The molecule has 166 valence electrons. The number of likely N-dealkylation sites (tertiary alicyclic amines) is 1. The van der Waals surface area contributed by atoms with E-state index >= 15 is 0 Å². The Morgan fingerprint density at radius 2 is 1.97 bits per heavy atom. The van der Waals surface area contributed by atoms with Gasteiger partial charge in [-0.2, -0.15) is 0 Å². The van der Waals surface area contributed by atoms with E-state index in [2.05, 4.69) is 46.4 Å². The fourth-order valence-corrected chi connectivity index (χ4v) is 4.93. The molecule has 1 amide bonds. The molecule has 0 radical (unpaired) electrons. The highest BCUT2D eigenvalue weighted by molar-refractivity contribution is 5.98. The number of para-hydroxylation sites is 1. The molecule has 1 aliphatic rings. The summed E-state index contributed by atoms with van der Waals surface area (Å²) in [7, 11) is 0. The molecule has 3 heterocycles. The molecule has 0 saturated carbocycles. The first-order chi connectivity index (χ1) is 15.6. The van der Waals surface area contributed by atoms with Crippen molar-refractivity contribution in [2.24, 2.45) is 11.5 Å². The van der Waals surface area contributed by atoms with Gasteiger partial charge in [0, 0.05) is 55.2 Å². The minimum absolute atomic E-state index is 0.0275. The number of hydrogen-bond acceptors (Lipinski definition) is 4. The maximum absolute atomic E-state index is 13.1. The van der Waals surface area contributed by atoms with E-state index in [4.69, 9.17) is 16.5 Å². The summed E-state index contributed by atoms with van der Waals surface area (Å²) < 4.78 is 4.45. The molecule has 7 nitrogen and oxygen atoms in total. The van der Waals surface area contributed by atoms with Gasteiger partial charge in [-0.15, -0.1) is 0 Å². The van der Waals surface area contributed by atoms with E-state index in [0.717, 1.165) is 48.5 Å². The average molecular weight is 431 g/mol. The van der Waals surface area contributed by atoms with E-state index in [0.29, 0.717) is 25.2 Å². The first kappa shape index (κ1) is 20.7. The SMILES string of the molecule is CCn1c(-c2nc3cc(C(=O)N4CCC[C@@H](N)C4)ccc3n2CCN)cc2ccccc21. The van der Waals surface area contributed by atoms with Crippen molar-refractivity contribution in [2.75, 3.05) is 19.6 Å². The average Bonchev–Trinajstić information content (AvgIpc) is 3.36. The molecule has 7 heteroatoms. The molecule has 2 aromatic carbocycles. The van der Waals surface area contributed by atoms with Crippen molar-refractivity contribution in [1.29, 1.82) is 0 Å². The van der Waals surface area contributed by atoms with Gasteiger partial charge in [0.2, 0.25) is 0 Å². The summed E-state index contributed by atoms with van der Waals surface area (Å²) in [4.78, 5) is 20.0. The number of carbonyl (C=O) groups excluding carboxylic acids is 1. The number of imidazole rings is 1. The summed E-state index contributed by atoms with van der Waals surface area (Å²) in [6.07, 6.45) is 1.92. The third-order valence-electron chi connectivity index (χ3n) is 6.45. The van der Waals surface area contributed by atoms with Crippen LogP contribution in [-0.2, 0) is 13.1 Å². The predicted molar refractivity (Wildman–Crippen MR) is 129 cm³/mol. The Kier molecular flexibility index (Phi) is 5.45. The molecule has 0 spiro atoms. The number of rotatable bonds is 5. The summed E-state index contributed by atoms with van der Waals surface area (Å²) in [6.45, 7) is 5.52. The standard InChI is InChI=1S/C25H30N6O/c1-2-30-21-8-4-3-6-17(21)15-23(30)24-28-20-14-18(9-10-22(20)31(24)13-11-26)25(32)29-12-5-7-19(27)16-29/h3-4,6,8-10,14-15,19H,2,5,7,11-13,16,26-27H2,1H3/t19-/m1/s1. The fourth-order valence-electron chi connectivity index (χ4n) is 4.93. The summed E-state index contributed by atoms with van der Waals surface area (Å²) in [5.41, 5.74) is 16.8. The number of amides is 1. The van der Waals surface area contributed by atoms with Crippen molar-refractivity contribution in [2.45, 2.75) is 38.9 Å². The van der Waals surface area contributed by atoms with Crippen molar-refractivity contribution in [1.82, 2.24) is 19.0 Å². The third-order valence-corrected chi connectivity index (χ3v) is 6.45. The van der Waals surface area contributed by atoms with Gasteiger partial charge in [0.1, 0.15) is 0 Å². The topological polar surface area (TPSA) is 95.1 Å². The largest absolute Gasteiger partial charge is 0.338 e. The number of carbonyl (C=O) groups is 1. The molecule has 32 heavy (non-hydrogen) atoms. The van der Waals surface area contributed by atoms with Crippen LogP contribution >= 0.6 is 0 Å². The number of fused-ring (bicyclic) bond motifs is 2. The van der Waals surface area contributed by atoms with Gasteiger partial charge >= 0.3 is 0 Å². The number of piperidine rings is 1. The second-order valence-electron chi connectivity index (χ2n) is 8.57. The zero-order valence-electron chi connectivity index (χ0n) is 18.5. The van der Waals surface area contributed by atoms with Gasteiger partial charge in [-0.1, -0.05) is 18.2 Å². The van der Waals surface area contributed by atoms with Crippen LogP contribution in [0.2, 0.25) is 0 Å². The Labute approximate surface area is 187 Å². The van der Waals surface area contributed by atoms with Crippen LogP contribution in [0.1, 0.15) is 30.1 Å². The van der Waals surface area contributed by atoms with Gasteiger partial charge in [0.25, 0.3) is 5.91 Å². The zero-order valence-corrected chi connectivity index (χ0v) is 18.5. The van der Waals surface area contributed by atoms with E-state index in [9.17, 15) is 4.79 Å². The van der Waals surface area contributed by atoms with Crippen molar-refractivity contribution < 1.29 is 4.79 Å². The third kappa shape index (κ3) is 3.47. The van der Waals surface area contributed by atoms with Crippen molar-refractivity contribution in [3.05, 3.63) is 54.1 Å². The molecule has 1 saturated heterocycles. The fraction of sp³-hybridized carbons (Fsp3) is 0.360. The molecule has 0 unspecified atom stereocenters. The first-order valence-electron chi connectivity index (χ1n) is 11.4. The number of benzene rings is 2. The van der Waals surface area contributed by atoms with Gasteiger partial charge in [0.05, 0.1) is 16.7 Å². The van der Waals surface area contributed by atoms with Crippen LogP contribution in [-0.4, -0.2) is 50.6 Å². The number of hydrogen-bond donors (Lipinski definition) is 2. The summed E-state index contributed by atoms with van der Waals surface area (Å²) >= 11 is 0. The molecule has 5 rings (SSSR count). The van der Waals surface area contributed by atoms with Gasteiger partial charge in [-0.05, 0) is 50.1 Å². The van der Waals surface area contributed by atoms with Crippen LogP contribution in [0.3, 0.4) is 0 Å². The van der Waals surface area contributed by atoms with Gasteiger partial charge in [-0.3, -0.25) is 4.79 Å². The molecule has 1 atom stereocenters. The van der Waals surface area contributed by atoms with Crippen molar-refractivity contribution >= 4 is 27.8 Å². The molecule has 2 aromatic heterocycles.